The van der Waals surface area contributed by atoms with Gasteiger partial charge >= 0.3 is 0 Å². The summed E-state index contributed by atoms with van der Waals surface area (Å²) >= 11 is 1.68. The van der Waals surface area contributed by atoms with E-state index >= 15 is 0 Å². The van der Waals surface area contributed by atoms with Gasteiger partial charge in [-0.1, -0.05) is 0 Å². The van der Waals surface area contributed by atoms with E-state index in [1.807, 2.05) is 13.8 Å². The Balaban J connectivity index is 2.00. The highest BCUT2D eigenvalue weighted by molar-refractivity contribution is 8.02. The van der Waals surface area contributed by atoms with Crippen LogP contribution in [0, 0.1) is 11.8 Å². The topological polar surface area (TPSA) is 98.7 Å². The molecular formula is C19H31N3O4S. The van der Waals surface area contributed by atoms with Crippen molar-refractivity contribution in [3.8, 4) is 0 Å². The van der Waals surface area contributed by atoms with Gasteiger partial charge in [0.05, 0.1) is 16.6 Å². The number of nitrogens with one attached hydrogen (secondary N) is 2. The van der Waals surface area contributed by atoms with Gasteiger partial charge in [0.1, 0.15) is 6.04 Å². The first-order chi connectivity index (χ1) is 12.7. The first-order valence-corrected chi connectivity index (χ1v) is 10.7. The van der Waals surface area contributed by atoms with Crippen LogP contribution in [0.15, 0.2) is 0 Å². The van der Waals surface area contributed by atoms with Gasteiger partial charge < -0.3 is 20.6 Å². The van der Waals surface area contributed by atoms with Crippen LogP contribution in [0.4, 0.5) is 0 Å². The van der Waals surface area contributed by atoms with Crippen molar-refractivity contribution in [3.63, 3.8) is 0 Å². The molecule has 0 aromatic rings. The van der Waals surface area contributed by atoms with E-state index < -0.39 is 22.6 Å². The molecule has 1 spiro atoms. The highest BCUT2D eigenvalue weighted by Gasteiger charge is 2.76. The minimum absolute atomic E-state index is 0.0173. The zero-order chi connectivity index (χ0) is 20.0. The SMILES string of the molecule is CNC(=O)[C@@H]1[C@H]2C(=O)N(CCCCO)C(C(=O)NC(C)C)C23CC[C@@]1(C)S3. The predicted molar refractivity (Wildman–Crippen MR) is 104 cm³/mol. The summed E-state index contributed by atoms with van der Waals surface area (Å²) in [4.78, 5) is 41.0. The molecule has 0 saturated carbocycles. The second-order valence-electron chi connectivity index (χ2n) is 8.47. The number of hydrogen-bond acceptors (Lipinski definition) is 5. The highest BCUT2D eigenvalue weighted by atomic mass is 32.2. The molecule has 3 heterocycles. The van der Waals surface area contributed by atoms with Crippen molar-refractivity contribution < 1.29 is 19.5 Å². The van der Waals surface area contributed by atoms with Crippen LogP contribution in [0.3, 0.4) is 0 Å². The fourth-order valence-electron chi connectivity index (χ4n) is 5.28. The zero-order valence-corrected chi connectivity index (χ0v) is 17.4. The van der Waals surface area contributed by atoms with Gasteiger partial charge in [-0.05, 0) is 46.5 Å². The number of carbonyl (C=O) groups is 3. The van der Waals surface area contributed by atoms with Crippen molar-refractivity contribution in [2.75, 3.05) is 20.2 Å². The normalized spacial score (nSPS) is 37.0. The van der Waals surface area contributed by atoms with E-state index in [2.05, 4.69) is 17.6 Å². The molecule has 3 aliphatic heterocycles. The highest BCUT2D eigenvalue weighted by Crippen LogP contribution is 2.71. The smallest absolute Gasteiger partial charge is 0.244 e. The average molecular weight is 398 g/mol. The molecule has 5 atom stereocenters. The number of likely N-dealkylation sites (tertiary alicyclic amines) is 1. The maximum atomic E-state index is 13.4. The minimum atomic E-state index is -0.558. The van der Waals surface area contributed by atoms with E-state index in [9.17, 15) is 14.4 Å². The molecule has 3 fully saturated rings. The predicted octanol–water partition coefficient (Wildman–Crippen LogP) is 0.511. The molecule has 0 aromatic heterocycles. The van der Waals surface area contributed by atoms with E-state index in [-0.39, 0.29) is 35.1 Å². The van der Waals surface area contributed by atoms with Gasteiger partial charge in [-0.15, -0.1) is 11.8 Å². The minimum Gasteiger partial charge on any atom is -0.396 e. The molecule has 3 saturated heterocycles. The van der Waals surface area contributed by atoms with Crippen molar-refractivity contribution in [1.82, 2.24) is 15.5 Å². The van der Waals surface area contributed by atoms with Gasteiger partial charge in [0.25, 0.3) is 0 Å². The lowest BCUT2D eigenvalue weighted by Gasteiger charge is -2.35. The summed E-state index contributed by atoms with van der Waals surface area (Å²) < 4.78 is -0.852. The maximum absolute atomic E-state index is 13.4. The summed E-state index contributed by atoms with van der Waals surface area (Å²) in [6, 6.07) is -0.575. The number of thioether (sulfide) groups is 1. The summed E-state index contributed by atoms with van der Waals surface area (Å²) in [5.41, 5.74) is 0. The van der Waals surface area contributed by atoms with Gasteiger partial charge in [0, 0.05) is 31.0 Å². The molecular weight excluding hydrogens is 366 g/mol. The van der Waals surface area contributed by atoms with Crippen LogP contribution in [0.25, 0.3) is 0 Å². The van der Waals surface area contributed by atoms with E-state index in [4.69, 9.17) is 5.11 Å². The van der Waals surface area contributed by atoms with Crippen molar-refractivity contribution in [3.05, 3.63) is 0 Å². The molecule has 2 unspecified atom stereocenters. The number of amides is 3. The number of nitrogens with zero attached hydrogens (tertiary/aromatic N) is 1. The molecule has 152 valence electrons. The molecule has 2 bridgehead atoms. The van der Waals surface area contributed by atoms with Gasteiger partial charge in [0.2, 0.25) is 17.7 Å². The van der Waals surface area contributed by atoms with Gasteiger partial charge in [0.15, 0.2) is 0 Å². The summed E-state index contributed by atoms with van der Waals surface area (Å²) in [6.07, 6.45) is 2.83. The van der Waals surface area contributed by atoms with Crippen LogP contribution >= 0.6 is 11.8 Å². The molecule has 3 rings (SSSR count). The van der Waals surface area contributed by atoms with Crippen LogP contribution < -0.4 is 10.6 Å². The molecule has 0 aliphatic carbocycles. The first-order valence-electron chi connectivity index (χ1n) is 9.85. The third-order valence-corrected chi connectivity index (χ3v) is 8.28. The zero-order valence-electron chi connectivity index (χ0n) is 16.6. The van der Waals surface area contributed by atoms with E-state index in [1.54, 1.807) is 23.7 Å². The number of unbranched alkanes of at least 4 members (excludes halogenated alkanes) is 1. The van der Waals surface area contributed by atoms with Crippen molar-refractivity contribution >= 4 is 29.5 Å². The van der Waals surface area contributed by atoms with Crippen LogP contribution in [0.2, 0.25) is 0 Å². The number of rotatable bonds is 7. The maximum Gasteiger partial charge on any atom is 0.244 e. The van der Waals surface area contributed by atoms with Gasteiger partial charge in [-0.3, -0.25) is 14.4 Å². The number of carbonyl (C=O) groups excluding carboxylic acids is 3. The standard InChI is InChI=1S/C19H31N3O4S/c1-11(2)21-16(25)14-19-8-7-18(3,27-19)12(15(24)20-4)13(19)17(26)22(14)9-5-6-10-23/h11-14,23H,5-10H2,1-4H3,(H,20,24)(H,21,25)/t12-,13-,14?,18+,19?/m0/s1. The average Bonchev–Trinajstić information content (AvgIpc) is 3.15. The summed E-state index contributed by atoms with van der Waals surface area (Å²) in [5.74, 6) is -1.19. The number of hydrogen-bond donors (Lipinski definition) is 3. The van der Waals surface area contributed by atoms with Gasteiger partial charge in [-0.2, -0.15) is 0 Å². The molecule has 8 heteroatoms. The Bertz CT molecular complexity index is 642. The molecule has 0 radical (unpaired) electrons. The molecule has 3 N–H and O–H groups in total. The van der Waals surface area contributed by atoms with Crippen LogP contribution in [0.1, 0.15) is 46.5 Å². The number of fused-ring (bicyclic) bond motifs is 1. The summed E-state index contributed by atoms with van der Waals surface area (Å²) in [5, 5.41) is 14.8. The van der Waals surface area contributed by atoms with Crippen molar-refractivity contribution in [2.45, 2.75) is 68.0 Å². The molecule has 3 aliphatic rings. The van der Waals surface area contributed by atoms with E-state index in [0.29, 0.717) is 19.4 Å². The monoisotopic (exact) mass is 397 g/mol. The van der Waals surface area contributed by atoms with E-state index in [1.165, 1.54) is 0 Å². The fourth-order valence-corrected chi connectivity index (χ4v) is 7.64. The molecule has 27 heavy (non-hydrogen) atoms. The lowest BCUT2D eigenvalue weighted by Crippen LogP contribution is -2.55. The third-order valence-electron chi connectivity index (χ3n) is 6.29. The second kappa shape index (κ2) is 7.28. The van der Waals surface area contributed by atoms with Crippen molar-refractivity contribution in [2.24, 2.45) is 11.8 Å². The fraction of sp³-hybridized carbons (Fsp3) is 0.842. The first kappa shape index (κ1) is 20.5. The van der Waals surface area contributed by atoms with Crippen molar-refractivity contribution in [1.29, 1.82) is 0 Å². The number of aliphatic hydroxyl groups is 1. The lowest BCUT2D eigenvalue weighted by molar-refractivity contribution is -0.140. The Morgan fingerprint density at radius 3 is 2.59 bits per heavy atom. The lowest BCUT2D eigenvalue weighted by atomic mass is 9.66. The Labute approximate surface area is 165 Å². The Hall–Kier alpha value is -1.28. The largest absolute Gasteiger partial charge is 0.396 e. The molecule has 7 nitrogen and oxygen atoms in total. The van der Waals surface area contributed by atoms with Crippen LogP contribution in [0.5, 0.6) is 0 Å². The van der Waals surface area contributed by atoms with Gasteiger partial charge in [-0.25, -0.2) is 0 Å². The Kier molecular flexibility index (Phi) is 5.51. The molecule has 0 aromatic carbocycles. The Morgan fingerprint density at radius 1 is 1.30 bits per heavy atom. The summed E-state index contributed by atoms with van der Waals surface area (Å²) in [7, 11) is 1.61. The van der Waals surface area contributed by atoms with Crippen LogP contribution in [-0.2, 0) is 14.4 Å². The Morgan fingerprint density at radius 2 is 2.00 bits per heavy atom. The molecule has 3 amide bonds. The third kappa shape index (κ3) is 3.05. The number of aliphatic hydroxyl groups excluding tert-OH is 1. The van der Waals surface area contributed by atoms with E-state index in [0.717, 1.165) is 12.8 Å². The quantitative estimate of drug-likeness (QED) is 0.544. The second-order valence-corrected chi connectivity index (χ2v) is 10.4. The van der Waals surface area contributed by atoms with Crippen LogP contribution in [-0.4, -0.2) is 69.5 Å². The summed E-state index contributed by atoms with van der Waals surface area (Å²) in [6.45, 7) is 6.38.